The maximum Gasteiger partial charge on any atom is 0.0469 e. The molecule has 36 heavy (non-hydrogen) atoms. The van der Waals surface area contributed by atoms with Crippen LogP contribution in [-0.2, 0) is 10.8 Å². The SMILES string of the molecule is CN=C(/C=C/C=C/C=C/C=C1\N(C)c2cc(I)cc(I)c2C1(C)C)C(C)(C)c1c(C)cc(I)cc1I. The third kappa shape index (κ3) is 6.32. The Labute approximate surface area is 271 Å². The fraction of sp³-hybridized carbons (Fsp3) is 0.300. The van der Waals surface area contributed by atoms with E-state index >= 15 is 0 Å². The first-order chi connectivity index (χ1) is 16.8. The molecule has 0 spiro atoms. The van der Waals surface area contributed by atoms with Gasteiger partial charge in [0.25, 0.3) is 0 Å². The van der Waals surface area contributed by atoms with Crippen LogP contribution in [0.4, 0.5) is 5.69 Å². The lowest BCUT2D eigenvalue weighted by Crippen LogP contribution is -2.30. The van der Waals surface area contributed by atoms with Gasteiger partial charge in [0.05, 0.1) is 0 Å². The molecule has 0 atom stereocenters. The topological polar surface area (TPSA) is 15.6 Å². The van der Waals surface area contributed by atoms with E-state index in [0.29, 0.717) is 0 Å². The van der Waals surface area contributed by atoms with E-state index in [0.717, 1.165) is 5.71 Å². The smallest absolute Gasteiger partial charge is 0.0469 e. The van der Waals surface area contributed by atoms with Crippen molar-refractivity contribution in [1.29, 1.82) is 0 Å². The fourth-order valence-corrected chi connectivity index (χ4v) is 10.4. The van der Waals surface area contributed by atoms with Crippen molar-refractivity contribution >= 4 is 102 Å². The molecule has 0 radical (unpaired) electrons. The van der Waals surface area contributed by atoms with Crippen molar-refractivity contribution in [1.82, 2.24) is 0 Å². The molecule has 0 aromatic heterocycles. The van der Waals surface area contributed by atoms with E-state index in [1.54, 1.807) is 0 Å². The van der Waals surface area contributed by atoms with Crippen LogP contribution < -0.4 is 4.90 Å². The first-order valence-corrected chi connectivity index (χ1v) is 16.0. The normalized spacial score (nSPS) is 17.4. The number of rotatable bonds is 6. The number of benzene rings is 2. The molecule has 6 heteroatoms. The van der Waals surface area contributed by atoms with Gasteiger partial charge in [0.15, 0.2) is 0 Å². The average Bonchev–Trinajstić information content (AvgIpc) is 2.94. The summed E-state index contributed by atoms with van der Waals surface area (Å²) in [6.07, 6.45) is 14.8. The molecule has 0 N–H and O–H groups in total. The Balaban J connectivity index is 1.75. The highest BCUT2D eigenvalue weighted by molar-refractivity contribution is 14.1. The Bertz CT molecular complexity index is 1290. The molecule has 0 saturated heterocycles. The standard InChI is InChI=1S/C30H32I4N2/c1-19-15-20(31)16-22(33)27(19)29(2,3)25(35-6)13-11-9-8-10-12-14-26-30(4,5)28-23(34)17-21(32)18-24(28)36(26)7/h8-18H,1-7H3/b9-8+,12-10+,13-11+,26-14-,35-25?. The highest BCUT2D eigenvalue weighted by Gasteiger charge is 2.40. The molecule has 1 aliphatic heterocycles. The number of likely N-dealkylation sites (N-methyl/N-ethyl adjacent to an activating group) is 1. The minimum atomic E-state index is -0.173. The van der Waals surface area contributed by atoms with Crippen molar-refractivity contribution in [2.75, 3.05) is 19.0 Å². The van der Waals surface area contributed by atoms with E-state index in [1.807, 2.05) is 7.05 Å². The molecule has 190 valence electrons. The van der Waals surface area contributed by atoms with Gasteiger partial charge in [-0.05, 0) is 145 Å². The third-order valence-corrected chi connectivity index (χ3v) is 9.68. The number of hydrogen-bond acceptors (Lipinski definition) is 2. The van der Waals surface area contributed by atoms with Crippen molar-refractivity contribution in [2.45, 2.75) is 45.4 Å². The highest BCUT2D eigenvalue weighted by atomic mass is 127. The second kappa shape index (κ2) is 12.3. The van der Waals surface area contributed by atoms with Gasteiger partial charge >= 0.3 is 0 Å². The summed E-state index contributed by atoms with van der Waals surface area (Å²) in [6, 6.07) is 9.03. The molecule has 1 aliphatic rings. The molecule has 0 fully saturated rings. The average molecular weight is 928 g/mol. The van der Waals surface area contributed by atoms with Crippen LogP contribution in [-0.4, -0.2) is 19.8 Å². The number of anilines is 1. The van der Waals surface area contributed by atoms with Crippen molar-refractivity contribution in [2.24, 2.45) is 4.99 Å². The summed E-state index contributed by atoms with van der Waals surface area (Å²) in [5.74, 6) is 0. The number of aliphatic imine (C=N–C) groups is 1. The first-order valence-electron chi connectivity index (χ1n) is 11.7. The molecular weight excluding hydrogens is 896 g/mol. The van der Waals surface area contributed by atoms with Gasteiger partial charge < -0.3 is 4.90 Å². The van der Waals surface area contributed by atoms with Crippen molar-refractivity contribution < 1.29 is 0 Å². The number of nitrogens with zero attached hydrogens (tertiary/aromatic N) is 2. The van der Waals surface area contributed by atoms with Crippen molar-refractivity contribution in [3.63, 3.8) is 0 Å². The third-order valence-electron chi connectivity index (χ3n) is 6.73. The Morgan fingerprint density at radius 3 is 2.11 bits per heavy atom. The summed E-state index contributed by atoms with van der Waals surface area (Å²) in [4.78, 5) is 6.97. The number of fused-ring (bicyclic) bond motifs is 1. The van der Waals surface area contributed by atoms with Crippen molar-refractivity contribution in [3.8, 4) is 0 Å². The Kier molecular flexibility index (Phi) is 10.4. The maximum atomic E-state index is 4.64. The molecule has 2 aromatic carbocycles. The fourth-order valence-electron chi connectivity index (χ4n) is 5.11. The zero-order valence-electron chi connectivity index (χ0n) is 21.8. The molecule has 0 aliphatic carbocycles. The van der Waals surface area contributed by atoms with Gasteiger partial charge in [-0.1, -0.05) is 58.1 Å². The molecule has 1 heterocycles. The molecule has 3 rings (SSSR count). The second-order valence-electron chi connectivity index (χ2n) is 9.96. The van der Waals surface area contributed by atoms with Crippen LogP contribution in [0.15, 0.2) is 77.5 Å². The van der Waals surface area contributed by atoms with E-state index in [1.165, 1.54) is 42.4 Å². The summed E-state index contributed by atoms with van der Waals surface area (Å²) in [5.41, 5.74) is 7.55. The largest absolute Gasteiger partial charge is 0.347 e. The summed E-state index contributed by atoms with van der Waals surface area (Å²) in [6.45, 7) is 11.3. The van der Waals surface area contributed by atoms with Gasteiger partial charge in [-0.2, -0.15) is 0 Å². The van der Waals surface area contributed by atoms with E-state index in [2.05, 4.69) is 209 Å². The lowest BCUT2D eigenvalue weighted by Gasteiger charge is -2.29. The lowest BCUT2D eigenvalue weighted by atomic mass is 9.77. The highest BCUT2D eigenvalue weighted by Crippen LogP contribution is 2.49. The van der Waals surface area contributed by atoms with Crippen LogP contribution in [0.3, 0.4) is 0 Å². The second-order valence-corrected chi connectivity index (χ2v) is 14.8. The number of aryl methyl sites for hydroxylation is 1. The molecule has 0 bridgehead atoms. The monoisotopic (exact) mass is 928 g/mol. The van der Waals surface area contributed by atoms with Gasteiger partial charge in [0, 0.05) is 61.9 Å². The number of allylic oxidation sites excluding steroid dienone is 8. The zero-order valence-corrected chi connectivity index (χ0v) is 30.4. The molecule has 0 saturated carbocycles. The van der Waals surface area contributed by atoms with Crippen LogP contribution >= 0.6 is 90.4 Å². The summed E-state index contributed by atoms with van der Waals surface area (Å²) >= 11 is 9.72. The van der Waals surface area contributed by atoms with E-state index in [4.69, 9.17) is 0 Å². The number of hydrogen-bond donors (Lipinski definition) is 0. The molecule has 0 amide bonds. The molecule has 0 unspecified atom stereocenters. The van der Waals surface area contributed by atoms with Crippen LogP contribution in [0.25, 0.3) is 0 Å². The van der Waals surface area contributed by atoms with Gasteiger partial charge in [-0.15, -0.1) is 0 Å². The predicted octanol–water partition coefficient (Wildman–Crippen LogP) is 9.74. The van der Waals surface area contributed by atoms with Crippen LogP contribution in [0.1, 0.15) is 44.4 Å². The molecule has 2 aromatic rings. The first kappa shape index (κ1) is 30.3. The molecule has 2 nitrogen and oxygen atoms in total. The molecular formula is C30H32I4N2. The van der Waals surface area contributed by atoms with Gasteiger partial charge in [0.2, 0.25) is 0 Å². The Morgan fingerprint density at radius 2 is 1.47 bits per heavy atom. The Hall–Kier alpha value is -0.210. The Morgan fingerprint density at radius 1 is 0.889 bits per heavy atom. The van der Waals surface area contributed by atoms with Gasteiger partial charge in [-0.25, -0.2) is 0 Å². The van der Waals surface area contributed by atoms with Crippen LogP contribution in [0.2, 0.25) is 0 Å². The lowest BCUT2D eigenvalue weighted by molar-refractivity contribution is 0.637. The van der Waals surface area contributed by atoms with Crippen LogP contribution in [0.5, 0.6) is 0 Å². The van der Waals surface area contributed by atoms with Gasteiger partial charge in [-0.3, -0.25) is 4.99 Å². The van der Waals surface area contributed by atoms with Gasteiger partial charge in [0.1, 0.15) is 0 Å². The maximum absolute atomic E-state index is 4.64. The minimum Gasteiger partial charge on any atom is -0.347 e. The summed E-state index contributed by atoms with van der Waals surface area (Å²) < 4.78 is 5.16. The van der Waals surface area contributed by atoms with E-state index < -0.39 is 0 Å². The number of halogens is 4. The van der Waals surface area contributed by atoms with E-state index in [-0.39, 0.29) is 10.8 Å². The summed E-state index contributed by atoms with van der Waals surface area (Å²) in [5, 5.41) is 0. The zero-order chi connectivity index (χ0) is 26.8. The minimum absolute atomic E-state index is 0.0257. The summed E-state index contributed by atoms with van der Waals surface area (Å²) in [7, 11) is 4.05. The quantitative estimate of drug-likeness (QED) is 0.160. The van der Waals surface area contributed by atoms with Crippen LogP contribution in [0, 0.1) is 21.2 Å². The van der Waals surface area contributed by atoms with Crippen molar-refractivity contribution in [3.05, 3.63) is 103 Å². The predicted molar refractivity (Wildman–Crippen MR) is 192 cm³/mol. The van der Waals surface area contributed by atoms with E-state index in [9.17, 15) is 0 Å².